The zero-order valence-corrected chi connectivity index (χ0v) is 21.4. The molecule has 4 rings (SSSR count). The van der Waals surface area contributed by atoms with Crippen LogP contribution >= 0.6 is 11.8 Å². The summed E-state index contributed by atoms with van der Waals surface area (Å²) in [5, 5.41) is 3.41. The van der Waals surface area contributed by atoms with E-state index in [9.17, 15) is 9.59 Å². The van der Waals surface area contributed by atoms with Crippen LogP contribution in [0.5, 0.6) is 17.2 Å². The molecule has 0 saturated heterocycles. The minimum atomic E-state index is -0.745. The maximum Gasteiger partial charge on any atom is 0.246 e. The molecule has 1 unspecified atom stereocenters. The lowest BCUT2D eigenvalue weighted by Crippen LogP contribution is -2.46. The van der Waals surface area contributed by atoms with Gasteiger partial charge < -0.3 is 24.4 Å². The second-order valence-electron chi connectivity index (χ2n) is 8.32. The van der Waals surface area contributed by atoms with Gasteiger partial charge in [0.25, 0.3) is 0 Å². The largest absolute Gasteiger partial charge is 0.497 e. The molecule has 0 fully saturated rings. The highest BCUT2D eigenvalue weighted by Gasteiger charge is 2.27. The number of anilines is 1. The van der Waals surface area contributed by atoms with Crippen molar-refractivity contribution in [2.45, 2.75) is 38.5 Å². The topological polar surface area (TPSA) is 103 Å². The number of rotatable bonds is 9. The molecule has 2 aromatic carbocycles. The smallest absolute Gasteiger partial charge is 0.246 e. The van der Waals surface area contributed by atoms with Gasteiger partial charge in [-0.3, -0.25) is 9.59 Å². The third-order valence-electron chi connectivity index (χ3n) is 5.61. The SMILES string of the molecule is COc1ccc(CN(C(=O)CSc2nc(C)cc(C)n2)C(C)C(=O)Nc2ccc3c(c2)OCO3)cc1. The number of carbonyl (C=O) groups is 2. The van der Waals surface area contributed by atoms with E-state index in [2.05, 4.69) is 15.3 Å². The molecular formula is C26H28N4O5S. The summed E-state index contributed by atoms with van der Waals surface area (Å²) in [4.78, 5) is 36.9. The Morgan fingerprint density at radius 2 is 1.75 bits per heavy atom. The van der Waals surface area contributed by atoms with Crippen molar-refractivity contribution in [3.63, 3.8) is 0 Å². The molecule has 9 nitrogen and oxygen atoms in total. The molecule has 188 valence electrons. The first-order valence-corrected chi connectivity index (χ1v) is 12.4. The lowest BCUT2D eigenvalue weighted by molar-refractivity contribution is -0.136. The van der Waals surface area contributed by atoms with E-state index in [1.807, 2.05) is 44.2 Å². The van der Waals surface area contributed by atoms with Crippen LogP contribution in [0.15, 0.2) is 53.7 Å². The summed E-state index contributed by atoms with van der Waals surface area (Å²) in [6.45, 7) is 5.89. The van der Waals surface area contributed by atoms with Crippen LogP contribution in [0.4, 0.5) is 5.69 Å². The molecule has 3 aromatic rings. The van der Waals surface area contributed by atoms with Crippen molar-refractivity contribution in [2.75, 3.05) is 25.0 Å². The minimum absolute atomic E-state index is 0.0979. The molecule has 1 N–H and O–H groups in total. The quantitative estimate of drug-likeness (QED) is 0.342. The van der Waals surface area contributed by atoms with E-state index in [1.165, 1.54) is 11.8 Å². The van der Waals surface area contributed by atoms with Gasteiger partial charge >= 0.3 is 0 Å². The zero-order chi connectivity index (χ0) is 25.7. The van der Waals surface area contributed by atoms with E-state index >= 15 is 0 Å². The van der Waals surface area contributed by atoms with E-state index in [0.717, 1.165) is 17.0 Å². The molecule has 0 saturated carbocycles. The number of fused-ring (bicyclic) bond motifs is 1. The van der Waals surface area contributed by atoms with Crippen LogP contribution in [0, 0.1) is 13.8 Å². The first-order chi connectivity index (χ1) is 17.3. The van der Waals surface area contributed by atoms with E-state index in [1.54, 1.807) is 37.1 Å². The maximum atomic E-state index is 13.4. The first-order valence-electron chi connectivity index (χ1n) is 11.4. The predicted octanol–water partition coefficient (Wildman–Crippen LogP) is 3.98. The van der Waals surface area contributed by atoms with Crippen LogP contribution in [-0.2, 0) is 16.1 Å². The van der Waals surface area contributed by atoms with Crippen molar-refractivity contribution in [1.29, 1.82) is 0 Å². The Morgan fingerprint density at radius 3 is 2.44 bits per heavy atom. The Hall–Kier alpha value is -3.79. The minimum Gasteiger partial charge on any atom is -0.497 e. The lowest BCUT2D eigenvalue weighted by Gasteiger charge is -2.28. The average molecular weight is 509 g/mol. The number of aromatic nitrogens is 2. The molecule has 0 bridgehead atoms. The Labute approximate surface area is 214 Å². The molecule has 2 heterocycles. The molecule has 0 aliphatic carbocycles. The van der Waals surface area contributed by atoms with E-state index in [0.29, 0.717) is 28.1 Å². The summed E-state index contributed by atoms with van der Waals surface area (Å²) in [7, 11) is 1.60. The van der Waals surface area contributed by atoms with Gasteiger partial charge in [0, 0.05) is 29.7 Å². The standard InChI is InChI=1S/C26H28N4O5S/c1-16-11-17(2)28-26(27-16)36-14-24(31)30(13-19-5-8-21(33-4)9-6-19)18(3)25(32)29-20-7-10-22-23(12-20)35-15-34-22/h5-12,18H,13-15H2,1-4H3,(H,29,32). The molecule has 2 amide bonds. The number of amides is 2. The van der Waals surface area contributed by atoms with Gasteiger partial charge in [0.1, 0.15) is 11.8 Å². The first kappa shape index (κ1) is 25.3. The van der Waals surface area contributed by atoms with Crippen LogP contribution in [0.2, 0.25) is 0 Å². The van der Waals surface area contributed by atoms with Gasteiger partial charge in [0.15, 0.2) is 16.7 Å². The van der Waals surface area contributed by atoms with Gasteiger partial charge in [-0.05, 0) is 56.7 Å². The van der Waals surface area contributed by atoms with Gasteiger partial charge in [-0.25, -0.2) is 9.97 Å². The highest BCUT2D eigenvalue weighted by atomic mass is 32.2. The number of aryl methyl sites for hydroxylation is 2. The fraction of sp³-hybridized carbons (Fsp3) is 0.308. The monoisotopic (exact) mass is 508 g/mol. The number of benzene rings is 2. The fourth-order valence-corrected chi connectivity index (χ4v) is 4.53. The van der Waals surface area contributed by atoms with Crippen molar-refractivity contribution < 1.29 is 23.8 Å². The van der Waals surface area contributed by atoms with Crippen LogP contribution in [0.3, 0.4) is 0 Å². The third kappa shape index (κ3) is 6.25. The normalized spacial score (nSPS) is 12.7. The molecule has 10 heteroatoms. The Morgan fingerprint density at radius 1 is 1.06 bits per heavy atom. The number of carbonyl (C=O) groups excluding carboxylic acids is 2. The second-order valence-corrected chi connectivity index (χ2v) is 9.27. The van der Waals surface area contributed by atoms with Crippen molar-refractivity contribution in [2.24, 2.45) is 0 Å². The van der Waals surface area contributed by atoms with Gasteiger partial charge in [-0.1, -0.05) is 23.9 Å². The Bertz CT molecular complexity index is 1230. The average Bonchev–Trinajstić information content (AvgIpc) is 3.33. The number of hydrogen-bond acceptors (Lipinski definition) is 8. The molecule has 1 aromatic heterocycles. The number of hydrogen-bond donors (Lipinski definition) is 1. The Kier molecular flexibility index (Phi) is 7.94. The second kappa shape index (κ2) is 11.3. The molecule has 36 heavy (non-hydrogen) atoms. The number of ether oxygens (including phenoxy) is 3. The summed E-state index contributed by atoms with van der Waals surface area (Å²) >= 11 is 1.25. The van der Waals surface area contributed by atoms with Gasteiger partial charge in [-0.15, -0.1) is 0 Å². The highest BCUT2D eigenvalue weighted by molar-refractivity contribution is 7.99. The summed E-state index contributed by atoms with van der Waals surface area (Å²) in [6.07, 6.45) is 0. The number of thioether (sulfide) groups is 1. The van der Waals surface area contributed by atoms with Crippen LogP contribution in [-0.4, -0.2) is 52.4 Å². The summed E-state index contributed by atoms with van der Waals surface area (Å²) < 4.78 is 16.0. The lowest BCUT2D eigenvalue weighted by atomic mass is 10.1. The summed E-state index contributed by atoms with van der Waals surface area (Å²) in [5.74, 6) is 1.49. The van der Waals surface area contributed by atoms with Crippen molar-refractivity contribution in [1.82, 2.24) is 14.9 Å². The molecule has 1 aliphatic heterocycles. The summed E-state index contributed by atoms with van der Waals surface area (Å²) in [5.41, 5.74) is 3.11. The van der Waals surface area contributed by atoms with Crippen molar-refractivity contribution >= 4 is 29.3 Å². The van der Waals surface area contributed by atoms with E-state index in [4.69, 9.17) is 14.2 Å². The molecule has 0 spiro atoms. The van der Waals surface area contributed by atoms with Crippen LogP contribution in [0.1, 0.15) is 23.9 Å². The summed E-state index contributed by atoms with van der Waals surface area (Å²) in [6, 6.07) is 13.7. The number of methoxy groups -OCH3 is 1. The van der Waals surface area contributed by atoms with Gasteiger partial charge in [-0.2, -0.15) is 0 Å². The van der Waals surface area contributed by atoms with Crippen LogP contribution in [0.25, 0.3) is 0 Å². The number of nitrogens with zero attached hydrogens (tertiary/aromatic N) is 3. The van der Waals surface area contributed by atoms with E-state index < -0.39 is 6.04 Å². The molecule has 1 atom stereocenters. The van der Waals surface area contributed by atoms with Gasteiger partial charge in [0.05, 0.1) is 12.9 Å². The Balaban J connectivity index is 1.50. The molecule has 1 aliphatic rings. The van der Waals surface area contributed by atoms with Crippen LogP contribution < -0.4 is 19.5 Å². The van der Waals surface area contributed by atoms with Crippen molar-refractivity contribution in [3.05, 3.63) is 65.5 Å². The number of nitrogens with one attached hydrogen (secondary N) is 1. The van der Waals surface area contributed by atoms with Gasteiger partial charge in [0.2, 0.25) is 18.6 Å². The zero-order valence-electron chi connectivity index (χ0n) is 20.6. The fourth-order valence-electron chi connectivity index (χ4n) is 3.70. The predicted molar refractivity (Wildman–Crippen MR) is 136 cm³/mol. The highest BCUT2D eigenvalue weighted by Crippen LogP contribution is 2.34. The molecule has 0 radical (unpaired) electrons. The molecular weight excluding hydrogens is 480 g/mol. The maximum absolute atomic E-state index is 13.4. The van der Waals surface area contributed by atoms with E-state index in [-0.39, 0.29) is 30.9 Å². The van der Waals surface area contributed by atoms with Crippen molar-refractivity contribution in [3.8, 4) is 17.2 Å². The third-order valence-corrected chi connectivity index (χ3v) is 6.44.